The normalized spacial score (nSPS) is 10.7. The van der Waals surface area contributed by atoms with Gasteiger partial charge in [0, 0.05) is 35.6 Å². The maximum Gasteiger partial charge on any atom is 0.212 e. The third kappa shape index (κ3) is 3.50. The molecule has 154 valence electrons. The molecule has 10 heteroatoms. The van der Waals surface area contributed by atoms with Crippen molar-refractivity contribution in [3.63, 3.8) is 0 Å². The van der Waals surface area contributed by atoms with Crippen LogP contribution in [0.5, 0.6) is 23.1 Å². The van der Waals surface area contributed by atoms with Crippen LogP contribution in [-0.4, -0.2) is 53.4 Å². The van der Waals surface area contributed by atoms with E-state index in [9.17, 15) is 0 Å². The fourth-order valence-electron chi connectivity index (χ4n) is 2.99. The van der Waals surface area contributed by atoms with Crippen molar-refractivity contribution in [2.75, 3.05) is 33.8 Å². The predicted molar refractivity (Wildman–Crippen MR) is 111 cm³/mol. The predicted octanol–water partition coefficient (Wildman–Crippen LogP) is 3.19. The molecule has 10 nitrogen and oxygen atoms in total. The highest BCUT2D eigenvalue weighted by Crippen LogP contribution is 2.40. The quantitative estimate of drug-likeness (QED) is 0.475. The molecule has 0 saturated carbocycles. The summed E-state index contributed by atoms with van der Waals surface area (Å²) in [5.41, 5.74) is 2.67. The van der Waals surface area contributed by atoms with Crippen LogP contribution < -0.4 is 24.3 Å². The number of benzene rings is 1. The van der Waals surface area contributed by atoms with E-state index in [1.54, 1.807) is 52.8 Å². The number of H-pyrrole nitrogens is 1. The second-order valence-corrected chi connectivity index (χ2v) is 6.13. The molecule has 0 spiro atoms. The second kappa shape index (κ2) is 8.11. The van der Waals surface area contributed by atoms with Crippen LogP contribution in [0, 0.1) is 0 Å². The van der Waals surface area contributed by atoms with Gasteiger partial charge in [0.15, 0.2) is 23.0 Å². The van der Waals surface area contributed by atoms with Gasteiger partial charge in [0.05, 0.1) is 28.4 Å². The number of nitrogens with zero attached hydrogens (tertiary/aromatic N) is 4. The number of ether oxygens (including phenoxy) is 4. The molecule has 30 heavy (non-hydrogen) atoms. The molecular weight excluding hydrogens is 388 g/mol. The van der Waals surface area contributed by atoms with Gasteiger partial charge in [-0.1, -0.05) is 0 Å². The van der Waals surface area contributed by atoms with E-state index in [1.165, 1.54) is 6.33 Å². The van der Waals surface area contributed by atoms with Crippen molar-refractivity contribution in [2.24, 2.45) is 0 Å². The van der Waals surface area contributed by atoms with Gasteiger partial charge < -0.3 is 29.2 Å². The van der Waals surface area contributed by atoms with Gasteiger partial charge in [-0.15, -0.1) is 0 Å². The largest absolute Gasteiger partial charge is 0.493 e. The van der Waals surface area contributed by atoms with Gasteiger partial charge in [-0.05, 0) is 6.07 Å². The summed E-state index contributed by atoms with van der Waals surface area (Å²) in [4.78, 5) is 20.6. The lowest BCUT2D eigenvalue weighted by atomic mass is 10.2. The van der Waals surface area contributed by atoms with E-state index >= 15 is 0 Å². The first-order chi connectivity index (χ1) is 14.7. The fourth-order valence-corrected chi connectivity index (χ4v) is 2.99. The summed E-state index contributed by atoms with van der Waals surface area (Å²) >= 11 is 0. The van der Waals surface area contributed by atoms with Crippen LogP contribution in [0.2, 0.25) is 0 Å². The summed E-state index contributed by atoms with van der Waals surface area (Å²) in [6.45, 7) is 0. The molecule has 0 fully saturated rings. The van der Waals surface area contributed by atoms with E-state index in [0.717, 1.165) is 5.56 Å². The van der Waals surface area contributed by atoms with Crippen molar-refractivity contribution < 1.29 is 18.9 Å². The number of imidazole rings is 1. The summed E-state index contributed by atoms with van der Waals surface area (Å²) in [6.07, 6.45) is 3.12. The van der Waals surface area contributed by atoms with E-state index < -0.39 is 0 Å². The number of anilines is 2. The van der Waals surface area contributed by atoms with E-state index in [1.807, 2.05) is 6.07 Å². The number of nitrogens with one attached hydrogen (secondary N) is 2. The van der Waals surface area contributed by atoms with Crippen molar-refractivity contribution in [3.05, 3.63) is 36.8 Å². The number of hydrogen-bond donors (Lipinski definition) is 2. The Kier molecular flexibility index (Phi) is 5.21. The lowest BCUT2D eigenvalue weighted by Crippen LogP contribution is -1.99. The summed E-state index contributed by atoms with van der Waals surface area (Å²) in [7, 11) is 6.25. The van der Waals surface area contributed by atoms with Crippen LogP contribution in [0.25, 0.3) is 22.6 Å². The minimum atomic E-state index is 0.509. The average Bonchev–Trinajstić information content (AvgIpc) is 3.24. The highest BCUT2D eigenvalue weighted by molar-refractivity contribution is 5.87. The van der Waals surface area contributed by atoms with Gasteiger partial charge in [-0.2, -0.15) is 0 Å². The molecule has 1 aromatic carbocycles. The molecule has 0 aliphatic rings. The van der Waals surface area contributed by atoms with Gasteiger partial charge in [0.25, 0.3) is 0 Å². The first-order valence-electron chi connectivity index (χ1n) is 8.95. The van der Waals surface area contributed by atoms with Crippen LogP contribution in [0.1, 0.15) is 0 Å². The average molecular weight is 408 g/mol. The minimum Gasteiger partial charge on any atom is -0.493 e. The Balaban J connectivity index is 1.72. The minimum absolute atomic E-state index is 0.509. The molecule has 0 aliphatic carbocycles. The molecule has 0 amide bonds. The Morgan fingerprint density at radius 3 is 2.23 bits per heavy atom. The number of pyridine rings is 1. The molecule has 4 rings (SSSR count). The highest BCUT2D eigenvalue weighted by Gasteiger charge is 2.16. The van der Waals surface area contributed by atoms with Crippen LogP contribution in [-0.2, 0) is 0 Å². The topological polar surface area (TPSA) is 116 Å². The van der Waals surface area contributed by atoms with Gasteiger partial charge in [0.2, 0.25) is 11.6 Å². The molecule has 0 aliphatic heterocycles. The van der Waals surface area contributed by atoms with Crippen molar-refractivity contribution >= 4 is 22.7 Å². The Labute approximate surface area is 172 Å². The van der Waals surface area contributed by atoms with Crippen LogP contribution in [0.3, 0.4) is 0 Å². The van der Waals surface area contributed by atoms with Gasteiger partial charge in [-0.25, -0.2) is 19.9 Å². The van der Waals surface area contributed by atoms with Crippen molar-refractivity contribution in [1.29, 1.82) is 0 Å². The molecule has 3 heterocycles. The number of methoxy groups -OCH3 is 4. The SMILES string of the molecule is COc1ccc(-c2nc3ncnc(Nc4cc(OC)c(OC)c(OC)c4)c3[nH]2)cn1. The molecule has 0 bridgehead atoms. The highest BCUT2D eigenvalue weighted by atomic mass is 16.5. The lowest BCUT2D eigenvalue weighted by molar-refractivity contribution is 0.324. The van der Waals surface area contributed by atoms with Crippen molar-refractivity contribution in [1.82, 2.24) is 24.9 Å². The number of aromatic nitrogens is 5. The van der Waals surface area contributed by atoms with Gasteiger partial charge >= 0.3 is 0 Å². The van der Waals surface area contributed by atoms with Gasteiger partial charge in [-0.3, -0.25) is 0 Å². The smallest absolute Gasteiger partial charge is 0.212 e. The fraction of sp³-hybridized carbons (Fsp3) is 0.200. The maximum absolute atomic E-state index is 5.41. The second-order valence-electron chi connectivity index (χ2n) is 6.13. The number of aromatic amines is 1. The Hall–Kier alpha value is -4.08. The molecule has 0 unspecified atom stereocenters. The third-order valence-corrected chi connectivity index (χ3v) is 4.43. The van der Waals surface area contributed by atoms with Crippen molar-refractivity contribution in [3.8, 4) is 34.5 Å². The number of rotatable bonds is 7. The number of hydrogen-bond acceptors (Lipinski definition) is 9. The van der Waals surface area contributed by atoms with E-state index in [0.29, 0.717) is 51.6 Å². The zero-order valence-electron chi connectivity index (χ0n) is 16.9. The van der Waals surface area contributed by atoms with Crippen LogP contribution in [0.15, 0.2) is 36.8 Å². The van der Waals surface area contributed by atoms with E-state index in [4.69, 9.17) is 18.9 Å². The summed E-state index contributed by atoms with van der Waals surface area (Å²) < 4.78 is 21.3. The standard InChI is InChI=1S/C20H20N6O4/c1-27-13-7-12(8-14(28-2)17(13)30-4)24-19-16-20(23-10-22-19)26-18(25-16)11-5-6-15(29-3)21-9-11/h5-10H,1-4H3,(H2,22,23,24,25,26). The Morgan fingerprint density at radius 1 is 0.867 bits per heavy atom. The molecule has 0 radical (unpaired) electrons. The Bertz CT molecular complexity index is 1150. The zero-order valence-corrected chi connectivity index (χ0v) is 16.9. The van der Waals surface area contributed by atoms with E-state index in [-0.39, 0.29) is 0 Å². The lowest BCUT2D eigenvalue weighted by Gasteiger charge is -2.14. The van der Waals surface area contributed by atoms with Crippen LogP contribution >= 0.6 is 0 Å². The molecule has 0 saturated heterocycles. The first-order valence-corrected chi connectivity index (χ1v) is 8.95. The summed E-state index contributed by atoms with van der Waals surface area (Å²) in [5.74, 6) is 3.26. The Morgan fingerprint density at radius 2 is 1.63 bits per heavy atom. The van der Waals surface area contributed by atoms with Crippen LogP contribution in [0.4, 0.5) is 11.5 Å². The molecule has 0 atom stereocenters. The molecule has 2 N–H and O–H groups in total. The third-order valence-electron chi connectivity index (χ3n) is 4.43. The number of fused-ring (bicyclic) bond motifs is 1. The van der Waals surface area contributed by atoms with Gasteiger partial charge in [0.1, 0.15) is 17.7 Å². The summed E-state index contributed by atoms with van der Waals surface area (Å²) in [5, 5.41) is 3.26. The van der Waals surface area contributed by atoms with E-state index in [2.05, 4.69) is 30.2 Å². The zero-order chi connectivity index (χ0) is 21.1. The molecule has 3 aromatic heterocycles. The monoisotopic (exact) mass is 408 g/mol. The maximum atomic E-state index is 5.41. The molecule has 4 aromatic rings. The van der Waals surface area contributed by atoms with Crippen molar-refractivity contribution in [2.45, 2.75) is 0 Å². The summed E-state index contributed by atoms with van der Waals surface area (Å²) in [6, 6.07) is 7.21. The molecular formula is C20H20N6O4. The first kappa shape index (κ1) is 19.2.